The van der Waals surface area contributed by atoms with Crippen LogP contribution < -0.4 is 11.3 Å². The smallest absolute Gasteiger partial charge is 0.0824 e. The van der Waals surface area contributed by atoms with Crippen LogP contribution in [0.4, 0.5) is 0 Å². The molecule has 112 valence electrons. The van der Waals surface area contributed by atoms with Crippen molar-refractivity contribution in [1.82, 2.24) is 15.2 Å². The summed E-state index contributed by atoms with van der Waals surface area (Å²) in [5.41, 5.74) is 3.88. The third kappa shape index (κ3) is 2.75. The molecular weight excluding hydrogens is 252 g/mol. The van der Waals surface area contributed by atoms with Crippen molar-refractivity contribution in [3.63, 3.8) is 0 Å². The highest BCUT2D eigenvalue weighted by Gasteiger charge is 2.38. The molecule has 1 aromatic heterocycles. The van der Waals surface area contributed by atoms with Crippen LogP contribution in [0.25, 0.3) is 0 Å². The van der Waals surface area contributed by atoms with Gasteiger partial charge in [-0.05, 0) is 38.7 Å². The van der Waals surface area contributed by atoms with E-state index in [1.165, 1.54) is 25.7 Å². The maximum atomic E-state index is 5.90. The van der Waals surface area contributed by atoms with Gasteiger partial charge in [0.05, 0.1) is 23.4 Å². The van der Waals surface area contributed by atoms with Gasteiger partial charge >= 0.3 is 0 Å². The van der Waals surface area contributed by atoms with Crippen molar-refractivity contribution in [3.8, 4) is 0 Å². The van der Waals surface area contributed by atoms with E-state index in [9.17, 15) is 0 Å². The summed E-state index contributed by atoms with van der Waals surface area (Å²) < 4.78 is 8.04. The van der Waals surface area contributed by atoms with Gasteiger partial charge in [-0.3, -0.25) is 16.0 Å². The molecule has 2 heterocycles. The predicted octanol–water partition coefficient (Wildman–Crippen LogP) is 1.94. The number of nitrogens with two attached hydrogens (primary N) is 1. The molecule has 1 aromatic rings. The predicted molar refractivity (Wildman–Crippen MR) is 78.1 cm³/mol. The van der Waals surface area contributed by atoms with Crippen LogP contribution in [0, 0.1) is 0 Å². The molecule has 1 aliphatic heterocycles. The summed E-state index contributed by atoms with van der Waals surface area (Å²) in [5, 5.41) is 4.75. The van der Waals surface area contributed by atoms with Crippen molar-refractivity contribution in [2.24, 2.45) is 5.84 Å². The van der Waals surface area contributed by atoms with E-state index < -0.39 is 0 Å². The van der Waals surface area contributed by atoms with Gasteiger partial charge in [-0.1, -0.05) is 12.8 Å². The summed E-state index contributed by atoms with van der Waals surface area (Å²) in [7, 11) is 0. The zero-order valence-electron chi connectivity index (χ0n) is 12.3. The van der Waals surface area contributed by atoms with Crippen molar-refractivity contribution in [3.05, 3.63) is 18.0 Å². The number of hydrogen-bond donors (Lipinski definition) is 2. The van der Waals surface area contributed by atoms with Gasteiger partial charge in [0.15, 0.2) is 0 Å². The molecule has 0 radical (unpaired) electrons. The molecule has 2 atom stereocenters. The van der Waals surface area contributed by atoms with Gasteiger partial charge in [0.1, 0.15) is 0 Å². The summed E-state index contributed by atoms with van der Waals surface area (Å²) in [6.45, 7) is 2.99. The number of nitrogens with one attached hydrogen (secondary N) is 1. The quantitative estimate of drug-likeness (QED) is 0.638. The Labute approximate surface area is 120 Å². The molecular formula is C15H26N4O. The summed E-state index contributed by atoms with van der Waals surface area (Å²) in [4.78, 5) is 0. The van der Waals surface area contributed by atoms with Gasteiger partial charge in [0.2, 0.25) is 0 Å². The summed E-state index contributed by atoms with van der Waals surface area (Å²) >= 11 is 0. The van der Waals surface area contributed by atoms with Gasteiger partial charge in [-0.25, -0.2) is 0 Å². The SMILES string of the molecule is CC1(C(Cc2ccn(C3CCCC3)n2)NN)CCCO1. The van der Waals surface area contributed by atoms with Crippen LogP contribution in [0.3, 0.4) is 0 Å². The molecule has 1 saturated carbocycles. The van der Waals surface area contributed by atoms with E-state index in [-0.39, 0.29) is 11.6 Å². The van der Waals surface area contributed by atoms with Crippen LogP contribution in [-0.2, 0) is 11.2 Å². The highest BCUT2D eigenvalue weighted by Crippen LogP contribution is 2.31. The zero-order chi connectivity index (χ0) is 14.0. The van der Waals surface area contributed by atoms with Crippen LogP contribution in [0.15, 0.2) is 12.3 Å². The van der Waals surface area contributed by atoms with E-state index >= 15 is 0 Å². The van der Waals surface area contributed by atoms with E-state index in [2.05, 4.69) is 29.3 Å². The van der Waals surface area contributed by atoms with E-state index in [4.69, 9.17) is 15.7 Å². The summed E-state index contributed by atoms with van der Waals surface area (Å²) in [5.74, 6) is 5.75. The molecule has 0 amide bonds. The number of nitrogens with zero attached hydrogens (tertiary/aromatic N) is 2. The lowest BCUT2D eigenvalue weighted by atomic mass is 9.90. The molecule has 1 aliphatic carbocycles. The minimum atomic E-state index is -0.161. The highest BCUT2D eigenvalue weighted by molar-refractivity contribution is 5.06. The number of hydrogen-bond acceptors (Lipinski definition) is 4. The highest BCUT2D eigenvalue weighted by atomic mass is 16.5. The molecule has 2 unspecified atom stereocenters. The number of aromatic nitrogens is 2. The maximum absolute atomic E-state index is 5.90. The first-order valence-electron chi connectivity index (χ1n) is 7.85. The van der Waals surface area contributed by atoms with Crippen molar-refractivity contribution in [2.45, 2.75) is 69.6 Å². The van der Waals surface area contributed by atoms with Crippen molar-refractivity contribution in [1.29, 1.82) is 0 Å². The van der Waals surface area contributed by atoms with Crippen LogP contribution in [0.5, 0.6) is 0 Å². The van der Waals surface area contributed by atoms with E-state index in [1.807, 2.05) is 0 Å². The third-order valence-corrected chi connectivity index (χ3v) is 4.96. The van der Waals surface area contributed by atoms with Crippen molar-refractivity contribution in [2.75, 3.05) is 6.61 Å². The van der Waals surface area contributed by atoms with E-state index in [0.717, 1.165) is 31.6 Å². The lowest BCUT2D eigenvalue weighted by molar-refractivity contribution is -0.0117. The lowest BCUT2D eigenvalue weighted by Crippen LogP contribution is -2.52. The van der Waals surface area contributed by atoms with Crippen LogP contribution >= 0.6 is 0 Å². The van der Waals surface area contributed by atoms with E-state index in [1.54, 1.807) is 0 Å². The molecule has 5 nitrogen and oxygen atoms in total. The first-order valence-corrected chi connectivity index (χ1v) is 7.85. The second kappa shape index (κ2) is 5.84. The topological polar surface area (TPSA) is 65.1 Å². The minimum absolute atomic E-state index is 0.122. The third-order valence-electron chi connectivity index (χ3n) is 4.96. The molecule has 2 fully saturated rings. The molecule has 0 spiro atoms. The zero-order valence-corrected chi connectivity index (χ0v) is 12.3. The Kier molecular flexibility index (Phi) is 4.10. The fourth-order valence-electron chi connectivity index (χ4n) is 3.59. The minimum Gasteiger partial charge on any atom is -0.374 e. The van der Waals surface area contributed by atoms with Crippen molar-refractivity contribution < 1.29 is 4.74 Å². The van der Waals surface area contributed by atoms with Gasteiger partial charge in [-0.2, -0.15) is 5.10 Å². The second-order valence-electron chi connectivity index (χ2n) is 6.41. The summed E-state index contributed by atoms with van der Waals surface area (Å²) in [6, 6.07) is 2.85. The molecule has 2 aliphatic rings. The van der Waals surface area contributed by atoms with Crippen molar-refractivity contribution >= 4 is 0 Å². The molecule has 0 aromatic carbocycles. The molecule has 1 saturated heterocycles. The largest absolute Gasteiger partial charge is 0.374 e. The monoisotopic (exact) mass is 278 g/mol. The van der Waals surface area contributed by atoms with Crippen LogP contribution in [0.1, 0.15) is 57.2 Å². The fraction of sp³-hybridized carbons (Fsp3) is 0.800. The van der Waals surface area contributed by atoms with Crippen LogP contribution in [0.2, 0.25) is 0 Å². The first kappa shape index (κ1) is 14.0. The normalized spacial score (nSPS) is 29.1. The molecule has 3 rings (SSSR count). The Hall–Kier alpha value is -0.910. The second-order valence-corrected chi connectivity index (χ2v) is 6.41. The maximum Gasteiger partial charge on any atom is 0.0824 e. The van der Waals surface area contributed by atoms with Gasteiger partial charge < -0.3 is 4.74 Å². The van der Waals surface area contributed by atoms with Gasteiger partial charge in [-0.15, -0.1) is 0 Å². The molecule has 5 heteroatoms. The summed E-state index contributed by atoms with van der Waals surface area (Å²) in [6.07, 6.45) is 10.3. The Bertz CT molecular complexity index is 433. The Morgan fingerprint density at radius 2 is 2.30 bits per heavy atom. The molecule has 0 bridgehead atoms. The lowest BCUT2D eigenvalue weighted by Gasteiger charge is -2.32. The molecule has 20 heavy (non-hydrogen) atoms. The van der Waals surface area contributed by atoms with Gasteiger partial charge in [0.25, 0.3) is 0 Å². The first-order chi connectivity index (χ1) is 9.71. The Morgan fingerprint density at radius 3 is 2.95 bits per heavy atom. The average Bonchev–Trinajstić information content (AvgIpc) is 3.17. The molecule has 3 N–H and O–H groups in total. The fourth-order valence-corrected chi connectivity index (χ4v) is 3.59. The van der Waals surface area contributed by atoms with E-state index in [0.29, 0.717) is 6.04 Å². The number of rotatable bonds is 5. The number of hydrazine groups is 1. The Morgan fingerprint density at radius 1 is 1.50 bits per heavy atom. The average molecular weight is 278 g/mol. The van der Waals surface area contributed by atoms with Gasteiger partial charge in [0, 0.05) is 19.2 Å². The van der Waals surface area contributed by atoms with Crippen LogP contribution in [-0.4, -0.2) is 28.0 Å². The standard InChI is InChI=1S/C15H26N4O/c1-15(8-4-10-20-15)14(17-16)11-12-7-9-19(18-12)13-5-2-3-6-13/h7,9,13-14,17H,2-6,8,10-11,16H2,1H3. The Balaban J connectivity index is 1.66. The number of ether oxygens (including phenoxy) is 1.